The Kier molecular flexibility index (Phi) is 17.9. The van der Waals surface area contributed by atoms with E-state index < -0.39 is 23.0 Å². The summed E-state index contributed by atoms with van der Waals surface area (Å²) in [6, 6.07) is 31.2. The van der Waals surface area contributed by atoms with Gasteiger partial charge in [0.2, 0.25) is 0 Å². The Balaban J connectivity index is 1.42. The van der Waals surface area contributed by atoms with Gasteiger partial charge in [-0.2, -0.15) is 0 Å². The molecule has 10 nitrogen and oxygen atoms in total. The van der Waals surface area contributed by atoms with Gasteiger partial charge in [0.15, 0.2) is 0 Å². The van der Waals surface area contributed by atoms with Crippen molar-refractivity contribution >= 4 is 17.6 Å². The Morgan fingerprint density at radius 2 is 0.938 bits per heavy atom. The van der Waals surface area contributed by atoms with E-state index >= 15 is 0 Å². The van der Waals surface area contributed by atoms with Crippen LogP contribution in [0.2, 0.25) is 12.1 Å². The first-order valence-corrected chi connectivity index (χ1v) is 28.5. The fraction of sp³-hybridized carbons (Fsp3) is 0.547. The van der Waals surface area contributed by atoms with E-state index in [1.54, 1.807) is 0 Å². The fourth-order valence-corrected chi connectivity index (χ4v) is 15.0. The molecule has 2 saturated heterocycles. The molecule has 2 heterocycles. The summed E-state index contributed by atoms with van der Waals surface area (Å²) in [6.45, 7) is 20.1. The predicted octanol–water partition coefficient (Wildman–Crippen LogP) is 10.9. The van der Waals surface area contributed by atoms with E-state index in [1.807, 2.05) is 41.5 Å². The van der Waals surface area contributed by atoms with Gasteiger partial charge in [0.05, 0.1) is 18.6 Å². The number of fused-ring (bicyclic) bond motifs is 3. The number of rotatable bonds is 31. The molecule has 4 aromatic rings. The van der Waals surface area contributed by atoms with E-state index in [9.17, 15) is 0 Å². The number of epoxide rings is 2. The average molecular weight is 927 g/mol. The van der Waals surface area contributed by atoms with Gasteiger partial charge in [-0.3, -0.25) is 0 Å². The van der Waals surface area contributed by atoms with Crippen molar-refractivity contribution in [3.05, 3.63) is 118 Å². The van der Waals surface area contributed by atoms with E-state index in [-0.39, 0.29) is 12.2 Å². The van der Waals surface area contributed by atoms with Crippen molar-refractivity contribution in [2.45, 2.75) is 123 Å². The second kappa shape index (κ2) is 23.5. The highest BCUT2D eigenvalue weighted by Gasteiger charge is 2.47. The summed E-state index contributed by atoms with van der Waals surface area (Å²) in [5.41, 5.74) is 10.4. The summed E-state index contributed by atoms with van der Waals surface area (Å²) in [7, 11) is -5.85. The monoisotopic (exact) mass is 926 g/mol. The Labute approximate surface area is 391 Å². The van der Waals surface area contributed by atoms with E-state index in [1.165, 1.54) is 38.9 Å². The smallest absolute Gasteiger partial charge is 0.491 e. The number of ether oxygens (including phenoxy) is 4. The van der Waals surface area contributed by atoms with Gasteiger partial charge in [-0.05, 0) is 136 Å². The van der Waals surface area contributed by atoms with Crippen molar-refractivity contribution in [3.63, 3.8) is 0 Å². The second-order valence-electron chi connectivity index (χ2n) is 17.1. The predicted molar refractivity (Wildman–Crippen MR) is 260 cm³/mol. The topological polar surface area (TPSA) is 98.9 Å². The summed E-state index contributed by atoms with van der Waals surface area (Å²) in [5.74, 6) is 1.87. The highest BCUT2D eigenvalue weighted by Crippen LogP contribution is 2.57. The molecule has 0 spiro atoms. The molecule has 2 aliphatic heterocycles. The Bertz CT molecular complexity index is 1990. The molecule has 2 unspecified atom stereocenters. The first kappa shape index (κ1) is 49.5. The minimum Gasteiger partial charge on any atom is -0.491 e. The normalized spacial score (nSPS) is 17.2. The molecule has 2 fully saturated rings. The van der Waals surface area contributed by atoms with Crippen LogP contribution in [0.1, 0.15) is 113 Å². The molecule has 4 aromatic carbocycles. The number of unbranched alkanes of at least 4 members (excludes halogenated alkanes) is 1. The first-order chi connectivity index (χ1) is 31.8. The molecular weight excluding hydrogens is 853 g/mol. The van der Waals surface area contributed by atoms with Crippen molar-refractivity contribution in [2.75, 3.05) is 66.1 Å². The zero-order valence-electron chi connectivity index (χ0n) is 40.2. The summed E-state index contributed by atoms with van der Waals surface area (Å²) in [5, 5.41) is 0. The zero-order chi connectivity index (χ0) is 45.7. The maximum Gasteiger partial charge on any atom is 0.500 e. The third-order valence-corrected chi connectivity index (χ3v) is 18.9. The maximum atomic E-state index is 6.95. The number of hydrogen-bond acceptors (Lipinski definition) is 10. The third kappa shape index (κ3) is 11.7. The van der Waals surface area contributed by atoms with Crippen molar-refractivity contribution in [1.29, 1.82) is 0 Å². The lowest BCUT2D eigenvalue weighted by atomic mass is 9.66. The number of benzene rings is 4. The van der Waals surface area contributed by atoms with E-state index in [0.29, 0.717) is 71.6 Å². The van der Waals surface area contributed by atoms with E-state index in [4.69, 9.17) is 45.5 Å². The van der Waals surface area contributed by atoms with Gasteiger partial charge in [-0.15, -0.1) is 0 Å². The fourth-order valence-electron chi connectivity index (χ4n) is 9.75. The zero-order valence-corrected chi connectivity index (χ0v) is 42.2. The van der Waals surface area contributed by atoms with Gasteiger partial charge in [-0.25, -0.2) is 0 Å². The minimum atomic E-state index is -2.92. The lowest BCUT2D eigenvalue weighted by molar-refractivity contribution is 0.0700. The van der Waals surface area contributed by atoms with Gasteiger partial charge in [0.1, 0.15) is 36.9 Å². The highest BCUT2D eigenvalue weighted by atomic mass is 28.4. The maximum absolute atomic E-state index is 6.95. The van der Waals surface area contributed by atoms with Gasteiger partial charge in [0, 0.05) is 51.7 Å². The van der Waals surface area contributed by atoms with Crippen LogP contribution in [-0.4, -0.2) is 95.9 Å². The van der Waals surface area contributed by atoms with Crippen LogP contribution in [0.25, 0.3) is 11.1 Å². The largest absolute Gasteiger partial charge is 0.500 e. The Hall–Kier alpha value is -3.41. The molecule has 65 heavy (non-hydrogen) atoms. The van der Waals surface area contributed by atoms with Crippen molar-refractivity contribution in [3.8, 4) is 22.6 Å². The van der Waals surface area contributed by atoms with Crippen LogP contribution in [-0.2, 0) is 60.7 Å². The molecule has 12 heteroatoms. The Morgan fingerprint density at radius 1 is 0.508 bits per heavy atom. The molecule has 354 valence electrons. The van der Waals surface area contributed by atoms with Gasteiger partial charge in [0.25, 0.3) is 0 Å². The molecule has 0 N–H and O–H groups in total. The summed E-state index contributed by atoms with van der Waals surface area (Å²) in [4.78, 5) is 0. The van der Waals surface area contributed by atoms with Crippen LogP contribution < -0.4 is 9.47 Å². The second-order valence-corrected chi connectivity index (χ2v) is 22.6. The van der Waals surface area contributed by atoms with Gasteiger partial charge in [-0.1, -0.05) is 86.1 Å². The van der Waals surface area contributed by atoms with E-state index in [2.05, 4.69) is 85.8 Å². The van der Waals surface area contributed by atoms with Crippen molar-refractivity contribution in [2.24, 2.45) is 0 Å². The summed E-state index contributed by atoms with van der Waals surface area (Å²) >= 11 is 0. The molecule has 7 rings (SSSR count). The standard InChI is InChI=1S/C53H74O10Si2/c1-8-15-22-40-33-43(29-30-51(40)56-38-45-36-54-45)53(49-27-18-16-25-47(49)48-26-17-19-28-50(48)53)44-34-41(23-20-31-64(58-9-2,59-10-3)60-11-4)52(57-39-46-37-55-46)42(35-44)24-21-32-65(61-12-5,62-13-6)63-14-7/h16-19,25-30,33-35,45-46H,8-15,20-24,31-32,36-39H2,1-7H3. The summed E-state index contributed by atoms with van der Waals surface area (Å²) in [6.07, 6.45) is 6.44. The van der Waals surface area contributed by atoms with Crippen LogP contribution in [0.5, 0.6) is 11.5 Å². The third-order valence-electron chi connectivity index (χ3n) is 12.6. The molecule has 2 atom stereocenters. The molecule has 3 aliphatic rings. The quantitative estimate of drug-likeness (QED) is 0.0316. The van der Waals surface area contributed by atoms with E-state index in [0.717, 1.165) is 74.2 Å². The van der Waals surface area contributed by atoms with Crippen LogP contribution in [0.3, 0.4) is 0 Å². The summed E-state index contributed by atoms with van der Waals surface area (Å²) < 4.78 is 63.0. The van der Waals surface area contributed by atoms with Crippen LogP contribution in [0.4, 0.5) is 0 Å². The molecule has 0 saturated carbocycles. The molecule has 0 amide bonds. The minimum absolute atomic E-state index is 0.0897. The lowest BCUT2D eigenvalue weighted by Gasteiger charge is -2.36. The molecule has 0 bridgehead atoms. The number of hydrogen-bond donors (Lipinski definition) is 0. The lowest BCUT2D eigenvalue weighted by Crippen LogP contribution is -2.46. The van der Waals surface area contributed by atoms with Crippen molar-refractivity contribution < 1.29 is 45.5 Å². The van der Waals surface area contributed by atoms with Crippen molar-refractivity contribution in [1.82, 2.24) is 0 Å². The SMILES string of the molecule is CCCCc1cc(C2(c3cc(CCC[Si](OCC)(OCC)OCC)c(OCC4CO4)c(CCC[Si](OCC)(OCC)OCC)c3)c3ccccc3-c3ccccc32)ccc1OCC1CO1. The first-order valence-electron chi connectivity index (χ1n) is 24.6. The molecular formula is C53H74O10Si2. The molecule has 1 aliphatic carbocycles. The highest BCUT2D eigenvalue weighted by molar-refractivity contribution is 6.61. The van der Waals surface area contributed by atoms with Gasteiger partial charge < -0.3 is 45.5 Å². The Morgan fingerprint density at radius 3 is 1.38 bits per heavy atom. The molecule has 0 radical (unpaired) electrons. The van der Waals surface area contributed by atoms with Crippen LogP contribution >= 0.6 is 0 Å². The molecule has 0 aromatic heterocycles. The number of aryl methyl sites for hydroxylation is 3. The van der Waals surface area contributed by atoms with Gasteiger partial charge >= 0.3 is 17.6 Å². The average Bonchev–Trinajstić information content (AvgIpc) is 4.26. The van der Waals surface area contributed by atoms with Crippen LogP contribution in [0, 0.1) is 0 Å². The van der Waals surface area contributed by atoms with Crippen LogP contribution in [0.15, 0.2) is 78.9 Å².